The summed E-state index contributed by atoms with van der Waals surface area (Å²) in [4.78, 5) is 26.5. The first-order chi connectivity index (χ1) is 13.2. The number of benzene rings is 2. The van der Waals surface area contributed by atoms with Crippen LogP contribution in [0.15, 0.2) is 48.5 Å². The fourth-order valence-electron chi connectivity index (χ4n) is 2.87. The molecule has 0 aromatic heterocycles. The molecule has 0 heterocycles. The minimum atomic E-state index is -0.247. The SMILES string of the molecule is CN(C)Cc1ccccc1CNC(=O)CNC(=O)c1ccc(C(C)(C)C)cc1. The fraction of sp³-hybridized carbons (Fsp3) is 0.391. The summed E-state index contributed by atoms with van der Waals surface area (Å²) in [5.41, 5.74) is 4.01. The molecular formula is C23H31N3O2. The topological polar surface area (TPSA) is 61.4 Å². The van der Waals surface area contributed by atoms with Gasteiger partial charge in [0.1, 0.15) is 0 Å². The molecule has 2 N–H and O–H groups in total. The summed E-state index contributed by atoms with van der Waals surface area (Å²) in [6.45, 7) is 7.59. The standard InChI is InChI=1S/C23H31N3O2/c1-23(2,3)20-12-10-17(11-13-20)22(28)25-15-21(27)24-14-18-8-6-7-9-19(18)16-26(4)5/h6-13H,14-16H2,1-5H3,(H,24,27)(H,25,28). The minimum absolute atomic E-state index is 0.0395. The lowest BCUT2D eigenvalue weighted by Crippen LogP contribution is -2.36. The molecule has 0 unspecified atom stereocenters. The molecule has 0 atom stereocenters. The molecule has 2 rings (SSSR count). The van der Waals surface area contributed by atoms with Gasteiger partial charge < -0.3 is 15.5 Å². The zero-order valence-electron chi connectivity index (χ0n) is 17.5. The van der Waals surface area contributed by atoms with E-state index in [4.69, 9.17) is 0 Å². The first-order valence-corrected chi connectivity index (χ1v) is 9.54. The Bertz CT molecular complexity index is 805. The van der Waals surface area contributed by atoms with Crippen LogP contribution in [-0.2, 0) is 23.3 Å². The average Bonchev–Trinajstić information content (AvgIpc) is 2.64. The summed E-state index contributed by atoms with van der Waals surface area (Å²) in [7, 11) is 4.03. The van der Waals surface area contributed by atoms with Crippen molar-refractivity contribution >= 4 is 11.8 Å². The zero-order valence-corrected chi connectivity index (χ0v) is 17.5. The Morgan fingerprint density at radius 1 is 0.893 bits per heavy atom. The number of nitrogens with one attached hydrogen (secondary N) is 2. The highest BCUT2D eigenvalue weighted by Crippen LogP contribution is 2.22. The lowest BCUT2D eigenvalue weighted by molar-refractivity contribution is -0.120. The molecule has 150 valence electrons. The van der Waals surface area contributed by atoms with Gasteiger partial charge in [-0.1, -0.05) is 57.2 Å². The number of carbonyl (C=O) groups is 2. The van der Waals surface area contributed by atoms with Crippen LogP contribution >= 0.6 is 0 Å². The van der Waals surface area contributed by atoms with Crippen LogP contribution in [-0.4, -0.2) is 37.4 Å². The van der Waals surface area contributed by atoms with Crippen molar-refractivity contribution in [2.75, 3.05) is 20.6 Å². The monoisotopic (exact) mass is 381 g/mol. The van der Waals surface area contributed by atoms with Gasteiger partial charge in [0.2, 0.25) is 5.91 Å². The third kappa shape index (κ3) is 6.50. The van der Waals surface area contributed by atoms with Crippen LogP contribution in [0.5, 0.6) is 0 Å². The minimum Gasteiger partial charge on any atom is -0.350 e. The van der Waals surface area contributed by atoms with E-state index in [9.17, 15) is 9.59 Å². The van der Waals surface area contributed by atoms with Crippen LogP contribution in [0.2, 0.25) is 0 Å². The van der Waals surface area contributed by atoms with Crippen molar-refractivity contribution in [3.05, 3.63) is 70.8 Å². The van der Waals surface area contributed by atoms with Gasteiger partial charge in [-0.25, -0.2) is 0 Å². The van der Waals surface area contributed by atoms with E-state index in [0.29, 0.717) is 12.1 Å². The Morgan fingerprint density at radius 3 is 2.07 bits per heavy atom. The van der Waals surface area contributed by atoms with Crippen LogP contribution in [0.4, 0.5) is 0 Å². The third-order valence-corrected chi connectivity index (χ3v) is 4.50. The van der Waals surface area contributed by atoms with Gasteiger partial charge in [-0.05, 0) is 48.3 Å². The van der Waals surface area contributed by atoms with Gasteiger partial charge in [0, 0.05) is 18.7 Å². The van der Waals surface area contributed by atoms with Crippen molar-refractivity contribution in [3.63, 3.8) is 0 Å². The van der Waals surface area contributed by atoms with Gasteiger partial charge >= 0.3 is 0 Å². The molecule has 2 amide bonds. The molecule has 0 aliphatic carbocycles. The molecule has 0 saturated carbocycles. The van der Waals surface area contributed by atoms with Crippen LogP contribution in [0, 0.1) is 0 Å². The largest absolute Gasteiger partial charge is 0.350 e. The molecule has 5 nitrogen and oxygen atoms in total. The van der Waals surface area contributed by atoms with Gasteiger partial charge in [0.25, 0.3) is 5.91 Å². The molecule has 0 radical (unpaired) electrons. The molecule has 0 bridgehead atoms. The molecule has 5 heteroatoms. The molecule has 0 aliphatic rings. The van der Waals surface area contributed by atoms with Crippen molar-refractivity contribution in [3.8, 4) is 0 Å². The second kappa shape index (κ2) is 9.51. The summed E-state index contributed by atoms with van der Waals surface area (Å²) >= 11 is 0. The molecule has 2 aromatic carbocycles. The van der Waals surface area contributed by atoms with Crippen molar-refractivity contribution in [2.24, 2.45) is 0 Å². The van der Waals surface area contributed by atoms with Gasteiger partial charge in [-0.2, -0.15) is 0 Å². The number of nitrogens with zero attached hydrogens (tertiary/aromatic N) is 1. The summed E-state index contributed by atoms with van der Waals surface area (Å²) in [5.74, 6) is -0.456. The molecule has 0 saturated heterocycles. The maximum absolute atomic E-state index is 12.3. The lowest BCUT2D eigenvalue weighted by Gasteiger charge is -2.19. The number of hydrogen-bond donors (Lipinski definition) is 2. The second-order valence-corrected chi connectivity index (χ2v) is 8.29. The molecule has 0 fully saturated rings. The van der Waals surface area contributed by atoms with Gasteiger partial charge in [0.05, 0.1) is 6.54 Å². The van der Waals surface area contributed by atoms with E-state index in [-0.39, 0.29) is 23.8 Å². The van der Waals surface area contributed by atoms with Crippen molar-refractivity contribution < 1.29 is 9.59 Å². The highest BCUT2D eigenvalue weighted by molar-refractivity contribution is 5.96. The van der Waals surface area contributed by atoms with Crippen LogP contribution < -0.4 is 10.6 Å². The predicted octanol–water partition coefficient (Wildman–Crippen LogP) is 3.09. The number of carbonyl (C=O) groups excluding carboxylic acids is 2. The van der Waals surface area contributed by atoms with E-state index in [2.05, 4.69) is 42.4 Å². The van der Waals surface area contributed by atoms with Crippen molar-refractivity contribution in [1.82, 2.24) is 15.5 Å². The number of rotatable bonds is 7. The highest BCUT2D eigenvalue weighted by atomic mass is 16.2. The first-order valence-electron chi connectivity index (χ1n) is 9.54. The van der Waals surface area contributed by atoms with Gasteiger partial charge in [0.15, 0.2) is 0 Å². The van der Waals surface area contributed by atoms with E-state index in [1.807, 2.05) is 44.4 Å². The second-order valence-electron chi connectivity index (χ2n) is 8.29. The summed E-state index contributed by atoms with van der Waals surface area (Å²) in [6.07, 6.45) is 0. The van der Waals surface area contributed by atoms with E-state index in [1.165, 1.54) is 5.56 Å². The number of amides is 2. The lowest BCUT2D eigenvalue weighted by atomic mass is 9.87. The summed E-state index contributed by atoms with van der Waals surface area (Å²) in [5, 5.41) is 5.56. The van der Waals surface area contributed by atoms with Crippen molar-refractivity contribution in [2.45, 2.75) is 39.3 Å². The Balaban J connectivity index is 1.85. The van der Waals surface area contributed by atoms with Crippen LogP contribution in [0.3, 0.4) is 0 Å². The normalized spacial score (nSPS) is 11.4. The maximum Gasteiger partial charge on any atom is 0.251 e. The van der Waals surface area contributed by atoms with E-state index in [0.717, 1.165) is 17.7 Å². The first kappa shape index (κ1) is 21.6. The fourth-order valence-corrected chi connectivity index (χ4v) is 2.87. The zero-order chi connectivity index (χ0) is 20.7. The molecule has 0 aliphatic heterocycles. The van der Waals surface area contributed by atoms with Gasteiger partial charge in [-0.3, -0.25) is 9.59 Å². The average molecular weight is 382 g/mol. The molecule has 2 aromatic rings. The molecule has 28 heavy (non-hydrogen) atoms. The van der Waals surface area contributed by atoms with E-state index in [1.54, 1.807) is 12.1 Å². The third-order valence-electron chi connectivity index (χ3n) is 4.50. The predicted molar refractivity (Wildman–Crippen MR) is 113 cm³/mol. The van der Waals surface area contributed by atoms with Gasteiger partial charge in [-0.15, -0.1) is 0 Å². The van der Waals surface area contributed by atoms with Crippen LogP contribution in [0.25, 0.3) is 0 Å². The van der Waals surface area contributed by atoms with E-state index < -0.39 is 0 Å². The van der Waals surface area contributed by atoms with Crippen molar-refractivity contribution in [1.29, 1.82) is 0 Å². The molecular weight excluding hydrogens is 350 g/mol. The maximum atomic E-state index is 12.3. The number of hydrogen-bond acceptors (Lipinski definition) is 3. The van der Waals surface area contributed by atoms with Crippen LogP contribution in [0.1, 0.15) is 47.8 Å². The molecule has 0 spiro atoms. The Hall–Kier alpha value is -2.66. The Morgan fingerprint density at radius 2 is 1.50 bits per heavy atom. The highest BCUT2D eigenvalue weighted by Gasteiger charge is 2.14. The smallest absolute Gasteiger partial charge is 0.251 e. The Labute approximate surface area is 168 Å². The quantitative estimate of drug-likeness (QED) is 0.775. The Kier molecular flexibility index (Phi) is 7.35. The van der Waals surface area contributed by atoms with E-state index >= 15 is 0 Å². The summed E-state index contributed by atoms with van der Waals surface area (Å²) in [6, 6.07) is 15.5. The summed E-state index contributed by atoms with van der Waals surface area (Å²) < 4.78 is 0.